The highest BCUT2D eigenvalue weighted by atomic mass is 19.1. The summed E-state index contributed by atoms with van der Waals surface area (Å²) in [6.45, 7) is 2.56. The first-order valence-corrected chi connectivity index (χ1v) is 10.7. The number of nitrogens with zero attached hydrogens (tertiary/aromatic N) is 3. The van der Waals surface area contributed by atoms with E-state index in [1.165, 1.54) is 34.0 Å². The zero-order chi connectivity index (χ0) is 24.2. The highest BCUT2D eigenvalue weighted by Gasteiger charge is 2.15. The average Bonchev–Trinajstić information content (AvgIpc) is 2.84. The highest BCUT2D eigenvalue weighted by Crippen LogP contribution is 2.12. The Kier molecular flexibility index (Phi) is 6.60. The summed E-state index contributed by atoms with van der Waals surface area (Å²) >= 11 is 0. The van der Waals surface area contributed by atoms with E-state index < -0.39 is 17.1 Å². The van der Waals surface area contributed by atoms with Gasteiger partial charge in [0.1, 0.15) is 5.82 Å². The van der Waals surface area contributed by atoms with Crippen molar-refractivity contribution in [3.05, 3.63) is 104 Å². The van der Waals surface area contributed by atoms with Gasteiger partial charge in [0.15, 0.2) is 0 Å². The van der Waals surface area contributed by atoms with Crippen LogP contribution >= 0.6 is 0 Å². The van der Waals surface area contributed by atoms with E-state index >= 15 is 0 Å². The van der Waals surface area contributed by atoms with E-state index in [-0.39, 0.29) is 29.9 Å². The third-order valence-corrected chi connectivity index (χ3v) is 5.37. The number of hydrogen-bond acceptors (Lipinski definition) is 6. The molecule has 3 aromatic rings. The van der Waals surface area contributed by atoms with Crippen LogP contribution in [-0.2, 0) is 18.4 Å². The number of rotatable bonds is 7. The maximum Gasteiger partial charge on any atom is 0.331 e. The van der Waals surface area contributed by atoms with Crippen LogP contribution in [0.3, 0.4) is 0 Å². The molecule has 2 aromatic carbocycles. The van der Waals surface area contributed by atoms with E-state index in [9.17, 15) is 18.8 Å². The first kappa shape index (κ1) is 23.0. The van der Waals surface area contributed by atoms with Crippen LogP contribution in [-0.4, -0.2) is 33.4 Å². The summed E-state index contributed by atoms with van der Waals surface area (Å²) in [7, 11) is 1.55. The van der Waals surface area contributed by atoms with E-state index in [1.807, 2.05) is 6.92 Å². The fourth-order valence-electron chi connectivity index (χ4n) is 3.63. The van der Waals surface area contributed by atoms with Crippen molar-refractivity contribution in [2.75, 3.05) is 13.2 Å². The van der Waals surface area contributed by atoms with Gasteiger partial charge in [-0.15, -0.1) is 0 Å². The first-order valence-electron chi connectivity index (χ1n) is 10.7. The molecule has 0 radical (unpaired) electrons. The summed E-state index contributed by atoms with van der Waals surface area (Å²) in [5.41, 5.74) is 3.84. The van der Waals surface area contributed by atoms with Crippen LogP contribution in [0, 0.1) is 5.82 Å². The zero-order valence-corrected chi connectivity index (χ0v) is 18.7. The van der Waals surface area contributed by atoms with Crippen molar-refractivity contribution in [3.8, 4) is 0 Å². The summed E-state index contributed by atoms with van der Waals surface area (Å²) in [6, 6.07) is 10.3. The van der Waals surface area contributed by atoms with Gasteiger partial charge < -0.3 is 5.32 Å². The Bertz CT molecular complexity index is 1420. The molecular weight excluding hydrogens is 441 g/mol. The van der Waals surface area contributed by atoms with Crippen LogP contribution in [0.15, 0.2) is 76.1 Å². The molecule has 176 valence electrons. The lowest BCUT2D eigenvalue weighted by Gasteiger charge is -2.22. The summed E-state index contributed by atoms with van der Waals surface area (Å²) < 4.78 is 15.9. The van der Waals surface area contributed by atoms with Crippen molar-refractivity contribution in [1.29, 1.82) is 0 Å². The molecule has 0 saturated carbocycles. The van der Waals surface area contributed by atoms with Crippen LogP contribution in [0.25, 0.3) is 10.9 Å². The molecule has 2 N–H and O–H groups in total. The van der Waals surface area contributed by atoms with Crippen LogP contribution in [0.2, 0.25) is 0 Å². The second-order valence-electron chi connectivity index (χ2n) is 7.69. The van der Waals surface area contributed by atoms with Gasteiger partial charge in [-0.1, -0.05) is 12.1 Å². The summed E-state index contributed by atoms with van der Waals surface area (Å²) in [5, 5.41) is 4.48. The topological polar surface area (TPSA) is 97.6 Å². The second-order valence-corrected chi connectivity index (χ2v) is 7.69. The van der Waals surface area contributed by atoms with Crippen molar-refractivity contribution < 1.29 is 14.0 Å². The Morgan fingerprint density at radius 2 is 2.00 bits per heavy atom. The number of aromatic nitrogens is 2. The van der Waals surface area contributed by atoms with E-state index in [4.69, 9.17) is 4.84 Å². The fourth-order valence-corrected chi connectivity index (χ4v) is 3.63. The average molecular weight is 465 g/mol. The number of benzene rings is 2. The SMILES string of the molecule is CCON1C=CC(CNC(=O)c2ccc3c(c2)c(=O)n(Cc2cccc(F)c2)c(=O)n3C)=CN1. The molecule has 0 saturated heterocycles. The number of hydroxylamine groups is 1. The molecule has 2 heterocycles. The lowest BCUT2D eigenvalue weighted by molar-refractivity contribution is -0.143. The Balaban J connectivity index is 1.58. The number of aryl methyl sites for hydroxylation is 1. The zero-order valence-electron chi connectivity index (χ0n) is 18.7. The van der Waals surface area contributed by atoms with Gasteiger partial charge in [-0.2, -0.15) is 5.17 Å². The fraction of sp³-hybridized carbons (Fsp3) is 0.208. The largest absolute Gasteiger partial charge is 0.348 e. The van der Waals surface area contributed by atoms with Gasteiger partial charge in [0.05, 0.1) is 30.3 Å². The molecular formula is C24H24FN5O4. The molecule has 4 rings (SSSR count). The molecule has 1 aromatic heterocycles. The number of amides is 1. The standard InChI is InChI=1S/C24H24FN5O4/c1-3-34-30-10-9-17(14-27-30)13-26-22(31)18-7-8-21-20(12-18)23(32)29(24(33)28(21)2)15-16-5-4-6-19(25)11-16/h4-12,14,27H,3,13,15H2,1-2H3,(H,26,31). The van der Waals surface area contributed by atoms with Gasteiger partial charge in [-0.3, -0.25) is 29.0 Å². The molecule has 0 spiro atoms. The second kappa shape index (κ2) is 9.75. The maximum atomic E-state index is 13.6. The van der Waals surface area contributed by atoms with Crippen molar-refractivity contribution in [1.82, 2.24) is 25.0 Å². The maximum absolute atomic E-state index is 13.6. The van der Waals surface area contributed by atoms with Crippen LogP contribution in [0.4, 0.5) is 4.39 Å². The number of carbonyl (C=O) groups excluding carboxylic acids is 1. The number of carbonyl (C=O) groups is 1. The Morgan fingerprint density at radius 3 is 2.71 bits per heavy atom. The normalized spacial score (nSPS) is 13.0. The quantitative estimate of drug-likeness (QED) is 0.552. The summed E-state index contributed by atoms with van der Waals surface area (Å²) in [5.74, 6) is -0.820. The van der Waals surface area contributed by atoms with Gasteiger partial charge in [-0.25, -0.2) is 9.18 Å². The Labute approximate surface area is 194 Å². The molecule has 1 aliphatic rings. The van der Waals surface area contributed by atoms with Crippen LogP contribution in [0.5, 0.6) is 0 Å². The number of hydrazine groups is 1. The molecule has 34 heavy (non-hydrogen) atoms. The van der Waals surface area contributed by atoms with Crippen LogP contribution < -0.4 is 22.0 Å². The molecule has 0 atom stereocenters. The summed E-state index contributed by atoms with van der Waals surface area (Å²) in [4.78, 5) is 43.9. The van der Waals surface area contributed by atoms with Gasteiger partial charge in [0.2, 0.25) is 0 Å². The minimum absolute atomic E-state index is 0.0815. The van der Waals surface area contributed by atoms with E-state index in [2.05, 4.69) is 10.7 Å². The third kappa shape index (κ3) is 4.76. The van der Waals surface area contributed by atoms with E-state index in [0.29, 0.717) is 17.7 Å². The molecule has 0 unspecified atom stereocenters. The third-order valence-electron chi connectivity index (χ3n) is 5.37. The van der Waals surface area contributed by atoms with Crippen molar-refractivity contribution >= 4 is 16.8 Å². The minimum Gasteiger partial charge on any atom is -0.348 e. The number of hydrogen-bond donors (Lipinski definition) is 2. The molecule has 0 bridgehead atoms. The van der Waals surface area contributed by atoms with E-state index in [0.717, 1.165) is 10.1 Å². The van der Waals surface area contributed by atoms with Gasteiger partial charge in [0.25, 0.3) is 11.5 Å². The van der Waals surface area contributed by atoms with Gasteiger partial charge in [0, 0.05) is 25.4 Å². The van der Waals surface area contributed by atoms with E-state index in [1.54, 1.807) is 43.7 Å². The molecule has 10 heteroatoms. The lowest BCUT2D eigenvalue weighted by atomic mass is 10.1. The number of halogens is 1. The Morgan fingerprint density at radius 1 is 1.18 bits per heavy atom. The highest BCUT2D eigenvalue weighted by molar-refractivity contribution is 5.98. The van der Waals surface area contributed by atoms with Crippen molar-refractivity contribution in [3.63, 3.8) is 0 Å². The van der Waals surface area contributed by atoms with Gasteiger partial charge in [-0.05, 0) is 54.5 Å². The minimum atomic E-state index is -0.546. The predicted octanol–water partition coefficient (Wildman–Crippen LogP) is 1.79. The molecule has 1 amide bonds. The van der Waals surface area contributed by atoms with Gasteiger partial charge >= 0.3 is 5.69 Å². The smallest absolute Gasteiger partial charge is 0.331 e. The molecule has 9 nitrogen and oxygen atoms in total. The van der Waals surface area contributed by atoms with Crippen molar-refractivity contribution in [2.45, 2.75) is 13.5 Å². The monoisotopic (exact) mass is 465 g/mol. The number of nitrogens with one attached hydrogen (secondary N) is 2. The summed E-state index contributed by atoms with van der Waals surface area (Å²) in [6.07, 6.45) is 5.20. The molecule has 1 aliphatic heterocycles. The first-order chi connectivity index (χ1) is 16.4. The Hall–Kier alpha value is -4.18. The predicted molar refractivity (Wildman–Crippen MR) is 125 cm³/mol. The van der Waals surface area contributed by atoms with Crippen molar-refractivity contribution in [2.24, 2.45) is 7.05 Å². The van der Waals surface area contributed by atoms with Crippen LogP contribution in [0.1, 0.15) is 22.8 Å². The molecule has 0 fully saturated rings. The molecule has 0 aliphatic carbocycles. The number of fused-ring (bicyclic) bond motifs is 1. The lowest BCUT2D eigenvalue weighted by Crippen LogP contribution is -2.39.